The van der Waals surface area contributed by atoms with Gasteiger partial charge in [-0.15, -0.1) is 0 Å². The zero-order valence-corrected chi connectivity index (χ0v) is 8.84. The number of pyridine rings is 1. The molecule has 3 heteroatoms. The van der Waals surface area contributed by atoms with Crippen molar-refractivity contribution < 1.29 is 9.90 Å². The summed E-state index contributed by atoms with van der Waals surface area (Å²) < 4.78 is 0. The highest BCUT2D eigenvalue weighted by Crippen LogP contribution is 2.26. The third kappa shape index (κ3) is 1.80. The Bertz CT molecular complexity index is 521. The van der Waals surface area contributed by atoms with Crippen LogP contribution in [0.5, 0.6) is 0 Å². The van der Waals surface area contributed by atoms with Gasteiger partial charge in [-0.1, -0.05) is 12.1 Å². The van der Waals surface area contributed by atoms with Crippen molar-refractivity contribution >= 4 is 5.97 Å². The van der Waals surface area contributed by atoms with Gasteiger partial charge in [-0.3, -0.25) is 4.98 Å². The van der Waals surface area contributed by atoms with Gasteiger partial charge in [0, 0.05) is 12.4 Å². The molecule has 2 rings (SSSR count). The largest absolute Gasteiger partial charge is 0.478 e. The average molecular weight is 213 g/mol. The molecule has 16 heavy (non-hydrogen) atoms. The first-order valence-electron chi connectivity index (χ1n) is 4.93. The van der Waals surface area contributed by atoms with E-state index < -0.39 is 5.97 Å². The molecule has 0 fully saturated rings. The second-order valence-corrected chi connectivity index (χ2v) is 3.54. The van der Waals surface area contributed by atoms with E-state index in [1.54, 1.807) is 24.5 Å². The number of carbonyl (C=O) groups is 1. The summed E-state index contributed by atoms with van der Waals surface area (Å²) in [5.41, 5.74) is 2.92. The summed E-state index contributed by atoms with van der Waals surface area (Å²) in [7, 11) is 0. The maximum absolute atomic E-state index is 11.1. The van der Waals surface area contributed by atoms with Crippen molar-refractivity contribution in [1.82, 2.24) is 4.98 Å². The van der Waals surface area contributed by atoms with Crippen molar-refractivity contribution in [2.45, 2.75) is 6.92 Å². The number of carboxylic acids is 1. The number of hydrogen-bond donors (Lipinski definition) is 1. The molecule has 0 radical (unpaired) electrons. The van der Waals surface area contributed by atoms with Crippen molar-refractivity contribution in [3.8, 4) is 11.1 Å². The normalized spacial score (nSPS) is 10.1. The Kier molecular flexibility index (Phi) is 2.68. The minimum atomic E-state index is -0.907. The van der Waals surface area contributed by atoms with E-state index in [1.807, 2.05) is 25.1 Å². The fraction of sp³-hybridized carbons (Fsp3) is 0.0769. The minimum Gasteiger partial charge on any atom is -0.478 e. The Labute approximate surface area is 93.4 Å². The van der Waals surface area contributed by atoms with E-state index in [-0.39, 0.29) is 0 Å². The van der Waals surface area contributed by atoms with Gasteiger partial charge in [0.2, 0.25) is 0 Å². The van der Waals surface area contributed by atoms with Crippen LogP contribution in [0.2, 0.25) is 0 Å². The molecule has 1 aromatic heterocycles. The van der Waals surface area contributed by atoms with Gasteiger partial charge < -0.3 is 5.11 Å². The Morgan fingerprint density at radius 2 is 1.88 bits per heavy atom. The summed E-state index contributed by atoms with van der Waals surface area (Å²) in [5.74, 6) is -0.907. The van der Waals surface area contributed by atoms with Crippen molar-refractivity contribution in [3.63, 3.8) is 0 Å². The molecule has 1 N–H and O–H groups in total. The fourth-order valence-corrected chi connectivity index (χ4v) is 1.75. The molecular weight excluding hydrogens is 202 g/mol. The third-order valence-electron chi connectivity index (χ3n) is 2.47. The molecule has 0 atom stereocenters. The minimum absolute atomic E-state index is 0.325. The van der Waals surface area contributed by atoms with E-state index >= 15 is 0 Å². The summed E-state index contributed by atoms with van der Waals surface area (Å²) >= 11 is 0. The quantitative estimate of drug-likeness (QED) is 0.834. The summed E-state index contributed by atoms with van der Waals surface area (Å²) in [5, 5.41) is 9.14. The highest BCUT2D eigenvalue weighted by atomic mass is 16.4. The Hall–Kier alpha value is -2.16. The summed E-state index contributed by atoms with van der Waals surface area (Å²) in [4.78, 5) is 15.1. The lowest BCUT2D eigenvalue weighted by Crippen LogP contribution is -2.01. The van der Waals surface area contributed by atoms with Gasteiger partial charge in [-0.2, -0.15) is 0 Å². The van der Waals surface area contributed by atoms with Crippen molar-refractivity contribution in [3.05, 3.63) is 53.9 Å². The molecule has 1 heterocycles. The number of rotatable bonds is 2. The number of benzene rings is 1. The van der Waals surface area contributed by atoms with Crippen LogP contribution in [0.1, 0.15) is 15.9 Å². The average Bonchev–Trinajstić information content (AvgIpc) is 2.29. The monoisotopic (exact) mass is 213 g/mol. The van der Waals surface area contributed by atoms with Crippen LogP contribution in [0.25, 0.3) is 11.1 Å². The van der Waals surface area contributed by atoms with Crippen LogP contribution in [0.15, 0.2) is 42.7 Å². The number of aryl methyl sites for hydroxylation is 1. The lowest BCUT2D eigenvalue weighted by Gasteiger charge is -2.09. The molecule has 0 aliphatic heterocycles. The number of hydrogen-bond acceptors (Lipinski definition) is 2. The smallest absolute Gasteiger partial charge is 0.336 e. The third-order valence-corrected chi connectivity index (χ3v) is 2.47. The van der Waals surface area contributed by atoms with Crippen LogP contribution in [0.4, 0.5) is 0 Å². The van der Waals surface area contributed by atoms with Gasteiger partial charge >= 0.3 is 5.97 Å². The molecular formula is C13H11NO2. The first-order valence-corrected chi connectivity index (χ1v) is 4.93. The van der Waals surface area contributed by atoms with Crippen LogP contribution >= 0.6 is 0 Å². The van der Waals surface area contributed by atoms with Gasteiger partial charge in [-0.25, -0.2) is 4.79 Å². The standard InChI is InChI=1S/C13H11NO2/c1-9-3-2-4-11(13(15)16)12(9)10-5-7-14-8-6-10/h2-8H,1H3,(H,15,16). The van der Waals surface area contributed by atoms with Gasteiger partial charge in [-0.05, 0) is 41.8 Å². The van der Waals surface area contributed by atoms with E-state index in [0.29, 0.717) is 5.56 Å². The van der Waals surface area contributed by atoms with Gasteiger partial charge in [0.1, 0.15) is 0 Å². The first-order chi connectivity index (χ1) is 7.70. The number of carboxylic acid groups (broad SMARTS) is 1. The van der Waals surface area contributed by atoms with Crippen molar-refractivity contribution in [2.75, 3.05) is 0 Å². The number of nitrogens with zero attached hydrogens (tertiary/aromatic N) is 1. The molecule has 2 aromatic rings. The Morgan fingerprint density at radius 3 is 2.50 bits per heavy atom. The SMILES string of the molecule is Cc1cccc(C(=O)O)c1-c1ccncc1. The van der Waals surface area contributed by atoms with Gasteiger partial charge in [0.15, 0.2) is 0 Å². The molecule has 0 aliphatic rings. The van der Waals surface area contributed by atoms with Crippen molar-refractivity contribution in [1.29, 1.82) is 0 Å². The molecule has 0 spiro atoms. The van der Waals surface area contributed by atoms with Crippen LogP contribution < -0.4 is 0 Å². The molecule has 3 nitrogen and oxygen atoms in total. The number of aromatic carboxylic acids is 1. The zero-order chi connectivity index (χ0) is 11.5. The molecule has 0 saturated heterocycles. The number of aromatic nitrogens is 1. The molecule has 0 saturated carbocycles. The summed E-state index contributed by atoms with van der Waals surface area (Å²) in [6.45, 7) is 1.90. The second-order valence-electron chi connectivity index (χ2n) is 3.54. The zero-order valence-electron chi connectivity index (χ0n) is 8.84. The molecule has 0 aliphatic carbocycles. The highest BCUT2D eigenvalue weighted by molar-refractivity contribution is 5.96. The summed E-state index contributed by atoms with van der Waals surface area (Å²) in [6.07, 6.45) is 3.32. The molecule has 0 bridgehead atoms. The van der Waals surface area contributed by atoms with Crippen LogP contribution in [-0.4, -0.2) is 16.1 Å². The topological polar surface area (TPSA) is 50.2 Å². The predicted octanol–water partition coefficient (Wildman–Crippen LogP) is 2.76. The fourth-order valence-electron chi connectivity index (χ4n) is 1.75. The van der Waals surface area contributed by atoms with Crippen LogP contribution in [0.3, 0.4) is 0 Å². The van der Waals surface area contributed by atoms with E-state index in [0.717, 1.165) is 16.7 Å². The van der Waals surface area contributed by atoms with E-state index in [4.69, 9.17) is 5.11 Å². The molecule has 1 aromatic carbocycles. The molecule has 0 unspecified atom stereocenters. The van der Waals surface area contributed by atoms with E-state index in [1.165, 1.54) is 0 Å². The summed E-state index contributed by atoms with van der Waals surface area (Å²) in [6, 6.07) is 8.90. The lowest BCUT2D eigenvalue weighted by atomic mass is 9.96. The predicted molar refractivity (Wildman–Crippen MR) is 61.4 cm³/mol. The maximum atomic E-state index is 11.1. The van der Waals surface area contributed by atoms with E-state index in [2.05, 4.69) is 4.98 Å². The molecule has 80 valence electrons. The van der Waals surface area contributed by atoms with Crippen molar-refractivity contribution in [2.24, 2.45) is 0 Å². The second kappa shape index (κ2) is 4.14. The van der Waals surface area contributed by atoms with E-state index in [9.17, 15) is 4.79 Å². The van der Waals surface area contributed by atoms with Gasteiger partial charge in [0.05, 0.1) is 5.56 Å². The van der Waals surface area contributed by atoms with Crippen LogP contribution in [-0.2, 0) is 0 Å². The van der Waals surface area contributed by atoms with Crippen LogP contribution in [0, 0.1) is 6.92 Å². The lowest BCUT2D eigenvalue weighted by molar-refractivity contribution is 0.0697. The first kappa shape index (κ1) is 10.4. The highest BCUT2D eigenvalue weighted by Gasteiger charge is 2.12. The Morgan fingerprint density at radius 1 is 1.19 bits per heavy atom. The van der Waals surface area contributed by atoms with Gasteiger partial charge in [0.25, 0.3) is 0 Å². The molecule has 0 amide bonds. The maximum Gasteiger partial charge on any atom is 0.336 e. The Balaban J connectivity index is 2.68.